The van der Waals surface area contributed by atoms with Crippen molar-refractivity contribution in [2.24, 2.45) is 0 Å². The maximum absolute atomic E-state index is 12.3. The molecule has 1 aliphatic rings. The quantitative estimate of drug-likeness (QED) is 0.941. The number of ether oxygens (including phenoxy) is 1. The summed E-state index contributed by atoms with van der Waals surface area (Å²) in [6, 6.07) is 7.68. The number of rotatable bonds is 4. The van der Waals surface area contributed by atoms with Gasteiger partial charge in [-0.2, -0.15) is 0 Å². The van der Waals surface area contributed by atoms with Crippen LogP contribution in [0, 0.1) is 0 Å². The highest BCUT2D eigenvalue weighted by atomic mass is 16.5. The molecule has 1 aromatic carbocycles. The lowest BCUT2D eigenvalue weighted by atomic mass is 10.1. The largest absolute Gasteiger partial charge is 0.494 e. The van der Waals surface area contributed by atoms with Gasteiger partial charge in [-0.15, -0.1) is 5.10 Å². The van der Waals surface area contributed by atoms with Gasteiger partial charge in [0.1, 0.15) is 5.75 Å². The molecule has 1 fully saturated rings. The summed E-state index contributed by atoms with van der Waals surface area (Å²) in [4.78, 5) is 14.2. The number of carbonyl (C=O) groups excluding carboxylic acids is 1. The molecule has 1 saturated heterocycles. The number of carbonyl (C=O) groups is 1. The lowest BCUT2D eigenvalue weighted by molar-refractivity contribution is 0.179. The van der Waals surface area contributed by atoms with E-state index in [1.165, 1.54) is 0 Å². The van der Waals surface area contributed by atoms with E-state index in [2.05, 4.69) is 15.6 Å². The van der Waals surface area contributed by atoms with Gasteiger partial charge >= 0.3 is 6.03 Å². The lowest BCUT2D eigenvalue weighted by Gasteiger charge is -2.31. The molecule has 0 radical (unpaired) electrons. The molecule has 7 nitrogen and oxygen atoms in total. The van der Waals surface area contributed by atoms with E-state index in [1.807, 2.05) is 47.0 Å². The van der Waals surface area contributed by atoms with Gasteiger partial charge in [0, 0.05) is 25.0 Å². The monoisotopic (exact) mass is 315 g/mol. The van der Waals surface area contributed by atoms with Crippen molar-refractivity contribution in [3.63, 3.8) is 0 Å². The first-order valence-electron chi connectivity index (χ1n) is 7.91. The van der Waals surface area contributed by atoms with Crippen molar-refractivity contribution in [2.75, 3.05) is 25.0 Å². The van der Waals surface area contributed by atoms with E-state index < -0.39 is 0 Å². The van der Waals surface area contributed by atoms with E-state index >= 15 is 0 Å². The number of hydrogen-bond acceptors (Lipinski definition) is 4. The normalized spacial score (nSPS) is 15.4. The zero-order chi connectivity index (χ0) is 16.1. The number of hydrogen-bond donors (Lipinski definition) is 1. The zero-order valence-corrected chi connectivity index (χ0v) is 13.2. The van der Waals surface area contributed by atoms with Crippen LogP contribution < -0.4 is 10.1 Å². The van der Waals surface area contributed by atoms with Crippen LogP contribution in [0.4, 0.5) is 10.5 Å². The van der Waals surface area contributed by atoms with Crippen LogP contribution in [0.1, 0.15) is 25.8 Å². The molecule has 23 heavy (non-hydrogen) atoms. The summed E-state index contributed by atoms with van der Waals surface area (Å²) >= 11 is 0. The van der Waals surface area contributed by atoms with Gasteiger partial charge in [0.25, 0.3) is 0 Å². The van der Waals surface area contributed by atoms with Gasteiger partial charge in [0.2, 0.25) is 0 Å². The number of likely N-dealkylation sites (tertiary alicyclic amines) is 1. The Balaban J connectivity index is 1.51. The molecule has 0 aliphatic carbocycles. The summed E-state index contributed by atoms with van der Waals surface area (Å²) < 4.78 is 7.27. The summed E-state index contributed by atoms with van der Waals surface area (Å²) in [5.74, 6) is 0.805. The molecule has 0 spiro atoms. The number of benzene rings is 1. The Morgan fingerprint density at radius 1 is 1.30 bits per heavy atom. The molecule has 1 aromatic heterocycles. The van der Waals surface area contributed by atoms with E-state index in [1.54, 1.807) is 6.20 Å². The molecular weight excluding hydrogens is 294 g/mol. The average molecular weight is 315 g/mol. The van der Waals surface area contributed by atoms with Crippen LogP contribution in [-0.2, 0) is 0 Å². The van der Waals surface area contributed by atoms with Crippen molar-refractivity contribution in [3.8, 4) is 5.75 Å². The molecule has 3 rings (SSSR count). The summed E-state index contributed by atoms with van der Waals surface area (Å²) in [5.41, 5.74) is 0.775. The maximum atomic E-state index is 12.3. The smallest absolute Gasteiger partial charge is 0.321 e. The highest BCUT2D eigenvalue weighted by Gasteiger charge is 2.24. The van der Waals surface area contributed by atoms with Crippen LogP contribution in [0.5, 0.6) is 5.75 Å². The van der Waals surface area contributed by atoms with Gasteiger partial charge in [-0.05, 0) is 44.0 Å². The third-order valence-corrected chi connectivity index (χ3v) is 3.98. The maximum Gasteiger partial charge on any atom is 0.321 e. The standard InChI is InChI=1S/C16H21N5O2/c1-2-23-15-5-3-13(4-6-15)18-16(22)20-10-7-14(8-11-20)21-12-9-17-19-21/h3-6,9,12,14H,2,7-8,10-11H2,1H3,(H,18,22). The summed E-state index contributed by atoms with van der Waals surface area (Å²) in [7, 11) is 0. The summed E-state index contributed by atoms with van der Waals surface area (Å²) in [5, 5.41) is 10.8. The molecule has 1 aliphatic heterocycles. The van der Waals surface area contributed by atoms with Crippen molar-refractivity contribution >= 4 is 11.7 Å². The van der Waals surface area contributed by atoms with Gasteiger partial charge in [0.05, 0.1) is 18.8 Å². The Bertz CT molecular complexity index is 618. The second-order valence-corrected chi connectivity index (χ2v) is 5.49. The van der Waals surface area contributed by atoms with Gasteiger partial charge in [-0.1, -0.05) is 5.21 Å². The highest BCUT2D eigenvalue weighted by molar-refractivity contribution is 5.89. The third kappa shape index (κ3) is 3.80. The Morgan fingerprint density at radius 3 is 2.65 bits per heavy atom. The molecule has 0 saturated carbocycles. The molecule has 7 heteroatoms. The number of nitrogens with zero attached hydrogens (tertiary/aromatic N) is 4. The lowest BCUT2D eigenvalue weighted by Crippen LogP contribution is -2.41. The number of nitrogens with one attached hydrogen (secondary N) is 1. The fourth-order valence-corrected chi connectivity index (χ4v) is 2.75. The molecule has 0 atom stereocenters. The van der Waals surface area contributed by atoms with Crippen molar-refractivity contribution in [1.82, 2.24) is 19.9 Å². The number of urea groups is 1. The second-order valence-electron chi connectivity index (χ2n) is 5.49. The Kier molecular flexibility index (Phi) is 4.75. The Morgan fingerprint density at radius 2 is 2.04 bits per heavy atom. The summed E-state index contributed by atoms with van der Waals surface area (Å²) in [6.07, 6.45) is 5.34. The first-order chi connectivity index (χ1) is 11.3. The molecule has 2 aromatic rings. The fourth-order valence-electron chi connectivity index (χ4n) is 2.75. The third-order valence-electron chi connectivity index (χ3n) is 3.98. The van der Waals surface area contributed by atoms with Crippen molar-refractivity contribution in [2.45, 2.75) is 25.8 Å². The van der Waals surface area contributed by atoms with Crippen molar-refractivity contribution in [1.29, 1.82) is 0 Å². The molecule has 2 amide bonds. The van der Waals surface area contributed by atoms with E-state index in [-0.39, 0.29) is 6.03 Å². The Hall–Kier alpha value is -2.57. The van der Waals surface area contributed by atoms with Gasteiger partial charge in [0.15, 0.2) is 0 Å². The first-order valence-corrected chi connectivity index (χ1v) is 7.91. The van der Waals surface area contributed by atoms with E-state index in [4.69, 9.17) is 4.74 Å². The molecule has 0 bridgehead atoms. The van der Waals surface area contributed by atoms with E-state index in [0.29, 0.717) is 25.7 Å². The number of anilines is 1. The Labute approximate surface area is 135 Å². The minimum atomic E-state index is -0.0637. The zero-order valence-electron chi connectivity index (χ0n) is 13.2. The number of piperidine rings is 1. The van der Waals surface area contributed by atoms with Crippen LogP contribution in [0.2, 0.25) is 0 Å². The van der Waals surface area contributed by atoms with Gasteiger partial charge in [-0.25, -0.2) is 9.48 Å². The predicted octanol–water partition coefficient (Wildman–Crippen LogP) is 2.55. The number of amides is 2. The van der Waals surface area contributed by atoms with Crippen LogP contribution in [-0.4, -0.2) is 45.6 Å². The topological polar surface area (TPSA) is 72.3 Å². The van der Waals surface area contributed by atoms with Gasteiger partial charge < -0.3 is 15.0 Å². The SMILES string of the molecule is CCOc1ccc(NC(=O)N2CCC(n3ccnn3)CC2)cc1. The average Bonchev–Trinajstić information content (AvgIpc) is 3.11. The minimum absolute atomic E-state index is 0.0637. The molecular formula is C16H21N5O2. The van der Waals surface area contributed by atoms with Crippen molar-refractivity contribution in [3.05, 3.63) is 36.7 Å². The molecule has 0 unspecified atom stereocenters. The minimum Gasteiger partial charge on any atom is -0.494 e. The van der Waals surface area contributed by atoms with E-state index in [0.717, 1.165) is 24.3 Å². The predicted molar refractivity (Wildman–Crippen MR) is 86.5 cm³/mol. The second kappa shape index (κ2) is 7.13. The first kappa shape index (κ1) is 15.3. The van der Waals surface area contributed by atoms with Crippen molar-refractivity contribution < 1.29 is 9.53 Å². The van der Waals surface area contributed by atoms with Gasteiger partial charge in [-0.3, -0.25) is 0 Å². The van der Waals surface area contributed by atoms with Crippen LogP contribution in [0.15, 0.2) is 36.7 Å². The van der Waals surface area contributed by atoms with Crippen LogP contribution >= 0.6 is 0 Å². The van der Waals surface area contributed by atoms with Crippen LogP contribution in [0.3, 0.4) is 0 Å². The molecule has 2 heterocycles. The molecule has 122 valence electrons. The van der Waals surface area contributed by atoms with Crippen LogP contribution in [0.25, 0.3) is 0 Å². The highest BCUT2D eigenvalue weighted by Crippen LogP contribution is 2.22. The number of aromatic nitrogens is 3. The summed E-state index contributed by atoms with van der Waals surface area (Å²) in [6.45, 7) is 4.01. The fraction of sp³-hybridized carbons (Fsp3) is 0.438. The molecule has 1 N–H and O–H groups in total. The van der Waals surface area contributed by atoms with E-state index in [9.17, 15) is 4.79 Å².